The summed E-state index contributed by atoms with van der Waals surface area (Å²) in [4.78, 5) is 14.9. The van der Waals surface area contributed by atoms with Gasteiger partial charge in [0.25, 0.3) is 0 Å². The highest BCUT2D eigenvalue weighted by Gasteiger charge is 2.14. The van der Waals surface area contributed by atoms with Crippen LogP contribution in [0.25, 0.3) is 0 Å². The molecule has 0 unspecified atom stereocenters. The molecule has 0 saturated carbocycles. The van der Waals surface area contributed by atoms with Gasteiger partial charge in [0.15, 0.2) is 0 Å². The van der Waals surface area contributed by atoms with Crippen molar-refractivity contribution in [2.75, 3.05) is 0 Å². The van der Waals surface area contributed by atoms with Crippen molar-refractivity contribution in [3.63, 3.8) is 0 Å². The minimum Gasteiger partial charge on any atom is -0.477 e. The van der Waals surface area contributed by atoms with Crippen molar-refractivity contribution in [2.45, 2.75) is 0 Å². The molecule has 0 atom stereocenters. The highest BCUT2D eigenvalue weighted by atomic mass is 79.9. The number of ether oxygens (including phenoxy) is 1. The van der Waals surface area contributed by atoms with Gasteiger partial charge in [0.2, 0.25) is 5.88 Å². The zero-order valence-corrected chi connectivity index (χ0v) is 10.5. The zero-order chi connectivity index (χ0) is 13.1. The lowest BCUT2D eigenvalue weighted by Gasteiger charge is -2.07. The van der Waals surface area contributed by atoms with Crippen LogP contribution in [0, 0.1) is 5.82 Å². The highest BCUT2D eigenvalue weighted by Crippen LogP contribution is 2.25. The lowest BCUT2D eigenvalue weighted by atomic mass is 10.3. The van der Waals surface area contributed by atoms with Gasteiger partial charge in [-0.1, -0.05) is 6.07 Å². The predicted octanol–water partition coefficient (Wildman–Crippen LogP) is 3.47. The normalized spacial score (nSPS) is 10.1. The van der Waals surface area contributed by atoms with Gasteiger partial charge in [0, 0.05) is 16.7 Å². The van der Waals surface area contributed by atoms with E-state index in [1.165, 1.54) is 30.5 Å². The lowest BCUT2D eigenvalue weighted by molar-refractivity contribution is 0.0693. The summed E-state index contributed by atoms with van der Waals surface area (Å²) in [6, 6.07) is 6.75. The molecule has 4 nitrogen and oxygen atoms in total. The lowest BCUT2D eigenvalue weighted by Crippen LogP contribution is -2.02. The number of aromatic carboxylic acids is 1. The first-order chi connectivity index (χ1) is 8.56. The average Bonchev–Trinajstić information content (AvgIpc) is 2.31. The molecule has 2 rings (SSSR count). The fraction of sp³-hybridized carbons (Fsp3) is 0. The summed E-state index contributed by atoms with van der Waals surface area (Å²) in [6.45, 7) is 0. The molecule has 0 radical (unpaired) electrons. The maximum Gasteiger partial charge on any atom is 0.341 e. The number of hydrogen-bond acceptors (Lipinski definition) is 3. The number of aromatic nitrogens is 1. The van der Waals surface area contributed by atoms with Crippen molar-refractivity contribution in [1.82, 2.24) is 4.98 Å². The molecule has 1 N–H and O–H groups in total. The minimum absolute atomic E-state index is 0.0868. The van der Waals surface area contributed by atoms with E-state index >= 15 is 0 Å². The summed E-state index contributed by atoms with van der Waals surface area (Å²) in [5.41, 5.74) is -0.103. The SMILES string of the molecule is O=C(O)c1cc(Br)cnc1Oc1cccc(F)c1. The molecule has 2 aromatic rings. The van der Waals surface area contributed by atoms with Crippen LogP contribution in [-0.4, -0.2) is 16.1 Å². The van der Waals surface area contributed by atoms with E-state index < -0.39 is 11.8 Å². The second kappa shape index (κ2) is 5.14. The molecule has 0 aliphatic carbocycles. The van der Waals surface area contributed by atoms with Crippen molar-refractivity contribution < 1.29 is 19.0 Å². The Labute approximate surface area is 110 Å². The number of benzene rings is 1. The topological polar surface area (TPSA) is 59.4 Å². The number of carboxylic acids is 1. The van der Waals surface area contributed by atoms with Crippen LogP contribution in [0.3, 0.4) is 0 Å². The Morgan fingerprint density at radius 2 is 2.17 bits per heavy atom. The maximum absolute atomic E-state index is 13.0. The number of nitrogens with zero attached hydrogens (tertiary/aromatic N) is 1. The number of halogens is 2. The summed E-state index contributed by atoms with van der Waals surface area (Å²) in [5.74, 6) is -1.54. The summed E-state index contributed by atoms with van der Waals surface area (Å²) < 4.78 is 18.7. The molecule has 0 aliphatic rings. The van der Waals surface area contributed by atoms with Crippen LogP contribution in [0.4, 0.5) is 4.39 Å². The molecule has 0 amide bonds. The average molecular weight is 312 g/mol. The van der Waals surface area contributed by atoms with Crippen molar-refractivity contribution in [1.29, 1.82) is 0 Å². The molecule has 0 saturated heterocycles. The molecule has 0 bridgehead atoms. The van der Waals surface area contributed by atoms with Gasteiger partial charge in [-0.05, 0) is 34.1 Å². The predicted molar refractivity (Wildman–Crippen MR) is 65.4 cm³/mol. The molecule has 0 fully saturated rings. The molecule has 18 heavy (non-hydrogen) atoms. The van der Waals surface area contributed by atoms with E-state index in [-0.39, 0.29) is 17.2 Å². The highest BCUT2D eigenvalue weighted by molar-refractivity contribution is 9.10. The van der Waals surface area contributed by atoms with Crippen molar-refractivity contribution >= 4 is 21.9 Å². The van der Waals surface area contributed by atoms with Gasteiger partial charge in [0.05, 0.1) is 0 Å². The first-order valence-corrected chi connectivity index (χ1v) is 5.68. The first-order valence-electron chi connectivity index (χ1n) is 4.88. The quantitative estimate of drug-likeness (QED) is 0.943. The molecular weight excluding hydrogens is 305 g/mol. The Kier molecular flexibility index (Phi) is 3.57. The standard InChI is InChI=1S/C12H7BrFNO3/c13-7-4-10(12(16)17)11(15-6-7)18-9-3-1-2-8(14)5-9/h1-6H,(H,16,17). The Morgan fingerprint density at radius 1 is 1.39 bits per heavy atom. The molecule has 1 aromatic carbocycles. The van der Waals surface area contributed by atoms with Gasteiger partial charge in [-0.25, -0.2) is 14.2 Å². The Hall–Kier alpha value is -1.95. The van der Waals surface area contributed by atoms with Gasteiger partial charge in [-0.3, -0.25) is 0 Å². The van der Waals surface area contributed by atoms with E-state index in [1.807, 2.05) is 0 Å². The van der Waals surface area contributed by atoms with Gasteiger partial charge in [-0.2, -0.15) is 0 Å². The van der Waals surface area contributed by atoms with E-state index in [2.05, 4.69) is 20.9 Å². The molecular formula is C12H7BrFNO3. The van der Waals surface area contributed by atoms with Crippen LogP contribution in [0.15, 0.2) is 41.0 Å². The molecule has 1 heterocycles. The number of hydrogen-bond donors (Lipinski definition) is 1. The van der Waals surface area contributed by atoms with E-state index in [4.69, 9.17) is 9.84 Å². The van der Waals surface area contributed by atoms with Crippen molar-refractivity contribution in [3.05, 3.63) is 52.4 Å². The summed E-state index contributed by atoms with van der Waals surface area (Å²) in [5, 5.41) is 9.01. The zero-order valence-electron chi connectivity index (χ0n) is 8.93. The third-order valence-corrected chi connectivity index (χ3v) is 2.49. The van der Waals surface area contributed by atoms with Crippen LogP contribution in [-0.2, 0) is 0 Å². The summed E-state index contributed by atoms with van der Waals surface area (Å²) in [7, 11) is 0. The Bertz CT molecular complexity index is 604. The Morgan fingerprint density at radius 3 is 2.83 bits per heavy atom. The van der Waals surface area contributed by atoms with Crippen molar-refractivity contribution in [3.8, 4) is 11.6 Å². The van der Waals surface area contributed by atoms with E-state index in [1.54, 1.807) is 0 Å². The van der Waals surface area contributed by atoms with Gasteiger partial charge >= 0.3 is 5.97 Å². The van der Waals surface area contributed by atoms with E-state index in [9.17, 15) is 9.18 Å². The number of pyridine rings is 1. The summed E-state index contributed by atoms with van der Waals surface area (Å²) in [6.07, 6.45) is 1.40. The van der Waals surface area contributed by atoms with Crippen LogP contribution in [0.1, 0.15) is 10.4 Å². The van der Waals surface area contributed by atoms with Crippen LogP contribution < -0.4 is 4.74 Å². The van der Waals surface area contributed by atoms with Gasteiger partial charge < -0.3 is 9.84 Å². The third-order valence-electron chi connectivity index (χ3n) is 2.06. The Balaban J connectivity index is 2.37. The largest absolute Gasteiger partial charge is 0.477 e. The fourth-order valence-electron chi connectivity index (χ4n) is 1.30. The second-order valence-electron chi connectivity index (χ2n) is 3.37. The molecule has 0 spiro atoms. The maximum atomic E-state index is 13.0. The molecule has 1 aromatic heterocycles. The number of carbonyl (C=O) groups is 1. The third kappa shape index (κ3) is 2.84. The second-order valence-corrected chi connectivity index (χ2v) is 4.29. The minimum atomic E-state index is -1.17. The first kappa shape index (κ1) is 12.5. The fourth-order valence-corrected chi connectivity index (χ4v) is 1.63. The summed E-state index contributed by atoms with van der Waals surface area (Å²) >= 11 is 3.12. The van der Waals surface area contributed by atoms with Crippen LogP contribution in [0.2, 0.25) is 0 Å². The van der Waals surface area contributed by atoms with Crippen LogP contribution in [0.5, 0.6) is 11.6 Å². The number of carboxylic acid groups (broad SMARTS) is 1. The van der Waals surface area contributed by atoms with Crippen LogP contribution >= 0.6 is 15.9 Å². The monoisotopic (exact) mass is 311 g/mol. The number of rotatable bonds is 3. The van der Waals surface area contributed by atoms with Gasteiger partial charge in [0.1, 0.15) is 17.1 Å². The van der Waals surface area contributed by atoms with Gasteiger partial charge in [-0.15, -0.1) is 0 Å². The molecule has 6 heteroatoms. The molecule has 92 valence electrons. The van der Waals surface area contributed by atoms with E-state index in [0.29, 0.717) is 4.47 Å². The van der Waals surface area contributed by atoms with Crippen molar-refractivity contribution in [2.24, 2.45) is 0 Å². The van der Waals surface area contributed by atoms with E-state index in [0.717, 1.165) is 6.07 Å². The smallest absolute Gasteiger partial charge is 0.341 e. The molecule has 0 aliphatic heterocycles.